The van der Waals surface area contributed by atoms with Crippen molar-refractivity contribution in [2.24, 2.45) is 0 Å². The zero-order valence-corrected chi connectivity index (χ0v) is 20.2. The van der Waals surface area contributed by atoms with Gasteiger partial charge in [-0.05, 0) is 60.0 Å². The number of fused-ring (bicyclic) bond motifs is 1. The zero-order valence-electron chi connectivity index (χ0n) is 18.6. The first-order valence-electron chi connectivity index (χ1n) is 10.7. The summed E-state index contributed by atoms with van der Waals surface area (Å²) in [5.74, 6) is 0.675. The van der Waals surface area contributed by atoms with Gasteiger partial charge in [-0.1, -0.05) is 56.5 Å². The fourth-order valence-electron chi connectivity index (χ4n) is 3.48. The van der Waals surface area contributed by atoms with E-state index >= 15 is 0 Å². The van der Waals surface area contributed by atoms with Crippen LogP contribution in [0.1, 0.15) is 38.2 Å². The molecule has 0 fully saturated rings. The molecule has 33 heavy (non-hydrogen) atoms. The van der Waals surface area contributed by atoms with Crippen LogP contribution in [0.2, 0.25) is 0 Å². The van der Waals surface area contributed by atoms with E-state index in [9.17, 15) is 22.4 Å². The van der Waals surface area contributed by atoms with Crippen molar-refractivity contribution in [2.75, 3.05) is 6.61 Å². The van der Waals surface area contributed by atoms with Gasteiger partial charge in [0.2, 0.25) is 0 Å². The second kappa shape index (κ2) is 10.3. The highest BCUT2D eigenvalue weighted by molar-refractivity contribution is 8.31. The predicted molar refractivity (Wildman–Crippen MR) is 128 cm³/mol. The van der Waals surface area contributed by atoms with Gasteiger partial charge < -0.3 is 10.3 Å². The summed E-state index contributed by atoms with van der Waals surface area (Å²) in [7, 11) is -9.19. The maximum absolute atomic E-state index is 13.1. The highest BCUT2D eigenvalue weighted by Crippen LogP contribution is 2.27. The van der Waals surface area contributed by atoms with Crippen LogP contribution in [0.25, 0.3) is 16.3 Å². The fraction of sp³-hybridized carbons (Fsp3) is 0.292. The van der Waals surface area contributed by atoms with E-state index in [1.54, 1.807) is 30.3 Å². The van der Waals surface area contributed by atoms with E-state index in [2.05, 4.69) is 11.7 Å². The van der Waals surface area contributed by atoms with Gasteiger partial charge in [-0.15, -0.1) is 4.79 Å². The van der Waals surface area contributed by atoms with Gasteiger partial charge in [0.25, 0.3) is 19.7 Å². The molecule has 3 rings (SSSR count). The van der Waals surface area contributed by atoms with Gasteiger partial charge in [0.15, 0.2) is 0 Å². The molecular formula is C24H26N2O5S2. The summed E-state index contributed by atoms with van der Waals surface area (Å²) in [5, 5.41) is 1.32. The molecule has 0 saturated heterocycles. The molecular weight excluding hydrogens is 460 g/mol. The Morgan fingerprint density at radius 3 is 2.27 bits per heavy atom. The van der Waals surface area contributed by atoms with E-state index in [0.29, 0.717) is 23.3 Å². The van der Waals surface area contributed by atoms with Crippen molar-refractivity contribution in [1.82, 2.24) is 0 Å². The van der Waals surface area contributed by atoms with Crippen molar-refractivity contribution < 1.29 is 26.4 Å². The number of sulfone groups is 2. The van der Waals surface area contributed by atoms with Gasteiger partial charge in [0, 0.05) is 0 Å². The number of nitrogens with zero attached hydrogens (tertiary/aromatic N) is 2. The van der Waals surface area contributed by atoms with E-state index in [4.69, 9.17) is 4.74 Å². The standard InChI is InChI=1S/C24H26N2O5S2/c1-3-4-5-8-15-31-21-13-11-20-17-22(14-12-19(20)16-21)32(27,28)24(26-25)33(29,30)23-10-7-6-9-18(23)2/h6-7,9-14,16-17H,3-5,8,15H2,1-2H3. The van der Waals surface area contributed by atoms with Gasteiger partial charge in [0.1, 0.15) is 5.75 Å². The largest absolute Gasteiger partial charge is 0.504 e. The topological polar surface area (TPSA) is 114 Å². The van der Waals surface area contributed by atoms with E-state index in [0.717, 1.165) is 31.1 Å². The van der Waals surface area contributed by atoms with Gasteiger partial charge >= 0.3 is 4.38 Å². The second-order valence-corrected chi connectivity index (χ2v) is 11.7. The fourth-order valence-corrected chi connectivity index (χ4v) is 7.08. The van der Waals surface area contributed by atoms with Gasteiger partial charge in [0.05, 0.1) is 16.4 Å². The van der Waals surface area contributed by atoms with Crippen LogP contribution >= 0.6 is 0 Å². The van der Waals surface area contributed by atoms with Crippen LogP contribution in [0.3, 0.4) is 0 Å². The summed E-state index contributed by atoms with van der Waals surface area (Å²) in [5.41, 5.74) is 9.75. The Balaban J connectivity index is 1.92. The third kappa shape index (κ3) is 5.33. The number of rotatable bonds is 8. The van der Waals surface area contributed by atoms with Crippen molar-refractivity contribution in [2.45, 2.75) is 49.3 Å². The second-order valence-electron chi connectivity index (χ2n) is 7.72. The summed E-state index contributed by atoms with van der Waals surface area (Å²) in [4.78, 5) is 2.18. The maximum Gasteiger partial charge on any atom is 0.504 e. The molecule has 0 saturated carbocycles. The Bertz CT molecular complexity index is 1420. The molecule has 0 heterocycles. The molecule has 9 heteroatoms. The number of ether oxygens (including phenoxy) is 1. The summed E-state index contributed by atoms with van der Waals surface area (Å²) in [6.07, 6.45) is 4.38. The third-order valence-corrected chi connectivity index (χ3v) is 9.60. The quantitative estimate of drug-likeness (QED) is 0.147. The lowest BCUT2D eigenvalue weighted by molar-refractivity contribution is 0.00380. The first-order valence-corrected chi connectivity index (χ1v) is 13.6. The Morgan fingerprint density at radius 2 is 1.58 bits per heavy atom. The zero-order chi connectivity index (χ0) is 24.1. The van der Waals surface area contributed by atoms with E-state index < -0.39 is 24.1 Å². The summed E-state index contributed by atoms with van der Waals surface area (Å²) < 4.78 is 56.7. The Labute approximate surface area is 194 Å². The lowest BCUT2D eigenvalue weighted by atomic mass is 10.1. The molecule has 0 unspecified atom stereocenters. The van der Waals surface area contributed by atoms with Crippen LogP contribution in [-0.2, 0) is 19.7 Å². The highest BCUT2D eigenvalue weighted by atomic mass is 32.3. The molecule has 3 aromatic rings. The van der Waals surface area contributed by atoms with Crippen LogP contribution in [0.5, 0.6) is 5.75 Å². The number of hydrogen-bond donors (Lipinski definition) is 0. The van der Waals surface area contributed by atoms with Crippen molar-refractivity contribution in [3.63, 3.8) is 0 Å². The Hall–Kier alpha value is -3.00. The molecule has 0 amide bonds. The minimum absolute atomic E-state index is 0.233. The lowest BCUT2D eigenvalue weighted by Crippen LogP contribution is -2.26. The minimum atomic E-state index is -4.62. The molecule has 7 nitrogen and oxygen atoms in total. The summed E-state index contributed by atoms with van der Waals surface area (Å²) in [6.45, 7) is 4.28. The molecule has 0 aliphatic carbocycles. The monoisotopic (exact) mass is 486 g/mol. The Morgan fingerprint density at radius 1 is 0.879 bits per heavy atom. The average molecular weight is 487 g/mol. The molecule has 0 radical (unpaired) electrons. The first-order chi connectivity index (χ1) is 15.7. The van der Waals surface area contributed by atoms with E-state index in [-0.39, 0.29) is 9.79 Å². The average Bonchev–Trinajstić information content (AvgIpc) is 2.78. The van der Waals surface area contributed by atoms with Crippen molar-refractivity contribution in [1.29, 1.82) is 0 Å². The van der Waals surface area contributed by atoms with Crippen LogP contribution in [0.4, 0.5) is 0 Å². The van der Waals surface area contributed by atoms with Crippen LogP contribution in [0, 0.1) is 6.92 Å². The molecule has 0 N–H and O–H groups in total. The first kappa shape index (κ1) is 24.6. The van der Waals surface area contributed by atoms with Crippen molar-refractivity contribution in [3.8, 4) is 5.75 Å². The van der Waals surface area contributed by atoms with Crippen LogP contribution in [-0.4, -0.2) is 32.6 Å². The third-order valence-electron chi connectivity index (χ3n) is 5.28. The molecule has 0 spiro atoms. The smallest absolute Gasteiger partial charge is 0.494 e. The molecule has 0 aliphatic heterocycles. The van der Waals surface area contributed by atoms with Gasteiger partial charge in [-0.3, -0.25) is 0 Å². The number of hydrogen-bond acceptors (Lipinski definition) is 5. The molecule has 0 bridgehead atoms. The summed E-state index contributed by atoms with van der Waals surface area (Å²) >= 11 is 0. The minimum Gasteiger partial charge on any atom is -0.494 e. The molecule has 174 valence electrons. The number of aryl methyl sites for hydroxylation is 1. The van der Waals surface area contributed by atoms with Crippen LogP contribution < -0.4 is 4.74 Å². The summed E-state index contributed by atoms with van der Waals surface area (Å²) in [6, 6.07) is 15.4. The molecule has 0 aliphatic rings. The van der Waals surface area contributed by atoms with Gasteiger partial charge in [-0.2, -0.15) is 0 Å². The molecule has 0 aromatic heterocycles. The van der Waals surface area contributed by atoms with Crippen molar-refractivity contribution >= 4 is 34.8 Å². The SMILES string of the molecule is CCCCCCOc1ccc2cc(S(=O)(=O)C(=[N+]=[N-])S(=O)(=O)c3ccccc3C)ccc2c1. The Kier molecular flexibility index (Phi) is 7.68. The highest BCUT2D eigenvalue weighted by Gasteiger charge is 2.44. The maximum atomic E-state index is 13.1. The predicted octanol–water partition coefficient (Wildman–Crippen LogP) is 4.94. The van der Waals surface area contributed by atoms with E-state index in [1.165, 1.54) is 37.3 Å². The number of unbranched alkanes of at least 4 members (excludes halogenated alkanes) is 3. The van der Waals surface area contributed by atoms with Crippen LogP contribution in [0.15, 0.2) is 70.5 Å². The lowest BCUT2D eigenvalue weighted by Gasteiger charge is -2.08. The number of benzene rings is 3. The van der Waals surface area contributed by atoms with Crippen molar-refractivity contribution in [3.05, 3.63) is 71.8 Å². The molecule has 0 atom stereocenters. The molecule has 3 aromatic carbocycles. The van der Waals surface area contributed by atoms with E-state index in [1.807, 2.05) is 0 Å². The van der Waals surface area contributed by atoms with Gasteiger partial charge in [-0.25, -0.2) is 16.8 Å². The normalized spacial score (nSPS) is 11.8.